The fraction of sp³-hybridized carbons (Fsp3) is 0.533. The van der Waals surface area contributed by atoms with Crippen molar-refractivity contribution in [3.05, 3.63) is 29.8 Å². The number of carbonyl (C=O) groups excluding carboxylic acids is 1. The number of nitrogens with zero attached hydrogens (tertiary/aromatic N) is 3. The molecule has 126 valence electrons. The fourth-order valence-electron chi connectivity index (χ4n) is 2.72. The molecule has 1 saturated heterocycles. The number of H-pyrrole nitrogens is 1. The fourth-order valence-corrected chi connectivity index (χ4v) is 2.72. The van der Waals surface area contributed by atoms with Gasteiger partial charge in [0.25, 0.3) is 5.91 Å². The second-order valence-electron chi connectivity index (χ2n) is 6.15. The van der Waals surface area contributed by atoms with E-state index in [2.05, 4.69) is 39.7 Å². The van der Waals surface area contributed by atoms with Crippen molar-refractivity contribution in [2.24, 2.45) is 5.92 Å². The number of aromatic amines is 1. The van der Waals surface area contributed by atoms with Crippen molar-refractivity contribution in [2.75, 3.05) is 18.4 Å². The summed E-state index contributed by atoms with van der Waals surface area (Å²) in [4.78, 5) is 16.5. The predicted molar refractivity (Wildman–Crippen MR) is 91.1 cm³/mol. The Kier molecular flexibility index (Phi) is 5.79. The van der Waals surface area contributed by atoms with E-state index in [1.54, 1.807) is 6.20 Å². The normalized spacial score (nSPS) is 17.3. The zero-order valence-electron chi connectivity index (χ0n) is 13.4. The summed E-state index contributed by atoms with van der Waals surface area (Å²) in [6.45, 7) is 7.01. The highest BCUT2D eigenvalue weighted by atomic mass is 35.5. The molecule has 1 atom stereocenters. The summed E-state index contributed by atoms with van der Waals surface area (Å²) in [5, 5.41) is 13.2. The molecule has 8 heteroatoms. The van der Waals surface area contributed by atoms with Crippen LogP contribution in [0.25, 0.3) is 0 Å². The average molecular weight is 339 g/mol. The number of aromatic nitrogens is 4. The van der Waals surface area contributed by atoms with Gasteiger partial charge in [-0.15, -0.1) is 12.4 Å². The molecule has 0 aliphatic carbocycles. The first-order valence-electron chi connectivity index (χ1n) is 7.72. The number of amides is 1. The van der Waals surface area contributed by atoms with E-state index in [1.807, 2.05) is 16.8 Å². The molecular weight excluding hydrogens is 316 g/mol. The molecule has 1 fully saturated rings. The van der Waals surface area contributed by atoms with Crippen LogP contribution in [0.2, 0.25) is 0 Å². The Labute approximate surface area is 141 Å². The molecule has 1 amide bonds. The van der Waals surface area contributed by atoms with Gasteiger partial charge >= 0.3 is 0 Å². The quantitative estimate of drug-likeness (QED) is 0.778. The molecule has 1 aliphatic rings. The first kappa shape index (κ1) is 17.5. The zero-order valence-corrected chi connectivity index (χ0v) is 14.2. The van der Waals surface area contributed by atoms with Crippen LogP contribution in [0.3, 0.4) is 0 Å². The van der Waals surface area contributed by atoms with E-state index in [-0.39, 0.29) is 18.3 Å². The van der Waals surface area contributed by atoms with E-state index >= 15 is 0 Å². The molecule has 3 rings (SSSR count). The predicted octanol–water partition coefficient (Wildman–Crippen LogP) is 2.01. The number of hydrogen-bond donors (Lipinski definition) is 3. The minimum absolute atomic E-state index is 0. The number of nitrogens with one attached hydrogen (secondary N) is 3. The summed E-state index contributed by atoms with van der Waals surface area (Å²) in [6.07, 6.45) is 4.63. The van der Waals surface area contributed by atoms with Gasteiger partial charge in [0.1, 0.15) is 0 Å². The van der Waals surface area contributed by atoms with Crippen molar-refractivity contribution in [3.63, 3.8) is 0 Å². The summed E-state index contributed by atoms with van der Waals surface area (Å²) in [6, 6.07) is 1.84. The molecule has 1 unspecified atom stereocenters. The Morgan fingerprint density at radius 3 is 3.04 bits per heavy atom. The molecule has 0 radical (unpaired) electrons. The highest BCUT2D eigenvalue weighted by Crippen LogP contribution is 2.21. The maximum absolute atomic E-state index is 12.3. The summed E-state index contributed by atoms with van der Waals surface area (Å²) in [5.74, 6) is 1.23. The first-order chi connectivity index (χ1) is 10.6. The largest absolute Gasteiger partial charge is 0.317 e. The van der Waals surface area contributed by atoms with Gasteiger partial charge in [-0.2, -0.15) is 5.10 Å². The van der Waals surface area contributed by atoms with E-state index in [9.17, 15) is 4.79 Å². The third-order valence-electron chi connectivity index (χ3n) is 3.83. The molecule has 0 spiro atoms. The Morgan fingerprint density at radius 2 is 2.35 bits per heavy atom. The van der Waals surface area contributed by atoms with Gasteiger partial charge in [0, 0.05) is 37.1 Å². The van der Waals surface area contributed by atoms with Gasteiger partial charge in [-0.1, -0.05) is 13.8 Å². The second kappa shape index (κ2) is 7.61. The first-order valence-corrected chi connectivity index (χ1v) is 7.72. The van der Waals surface area contributed by atoms with Crippen molar-refractivity contribution < 1.29 is 4.79 Å². The summed E-state index contributed by atoms with van der Waals surface area (Å²) >= 11 is 0. The number of anilines is 1. The van der Waals surface area contributed by atoms with E-state index < -0.39 is 0 Å². The minimum atomic E-state index is -0.232. The molecular formula is C15H23ClN6O. The van der Waals surface area contributed by atoms with Crippen LogP contribution in [-0.2, 0) is 6.54 Å². The highest BCUT2D eigenvalue weighted by Gasteiger charge is 2.21. The topological polar surface area (TPSA) is 87.6 Å². The zero-order chi connectivity index (χ0) is 15.5. The van der Waals surface area contributed by atoms with Crippen LogP contribution in [-0.4, -0.2) is 38.7 Å². The summed E-state index contributed by atoms with van der Waals surface area (Å²) < 4.78 is 1.94. The number of imidazole rings is 1. The van der Waals surface area contributed by atoms with Gasteiger partial charge in [-0.3, -0.25) is 15.2 Å². The van der Waals surface area contributed by atoms with Crippen LogP contribution >= 0.6 is 12.4 Å². The van der Waals surface area contributed by atoms with Gasteiger partial charge in [0.2, 0.25) is 5.95 Å². The van der Waals surface area contributed by atoms with Gasteiger partial charge in [-0.05, 0) is 24.9 Å². The van der Waals surface area contributed by atoms with E-state index in [0.29, 0.717) is 23.5 Å². The lowest BCUT2D eigenvalue weighted by Crippen LogP contribution is -2.17. The second-order valence-corrected chi connectivity index (χ2v) is 6.15. The Balaban J connectivity index is 0.00000192. The van der Waals surface area contributed by atoms with Crippen LogP contribution in [0.1, 0.15) is 42.4 Å². The number of rotatable bonds is 5. The van der Waals surface area contributed by atoms with Crippen LogP contribution in [0.15, 0.2) is 18.5 Å². The summed E-state index contributed by atoms with van der Waals surface area (Å²) in [5.41, 5.74) is 1.42. The SMILES string of the molecule is CC(C)Cn1ccnc1NC(=O)c1cc(C2CCNC2)[nH]n1.Cl. The Hall–Kier alpha value is -1.86. The van der Waals surface area contributed by atoms with Gasteiger partial charge < -0.3 is 9.88 Å². The van der Waals surface area contributed by atoms with Crippen LogP contribution in [0.4, 0.5) is 5.95 Å². The molecule has 1 aliphatic heterocycles. The lowest BCUT2D eigenvalue weighted by Gasteiger charge is -2.10. The molecule has 7 nitrogen and oxygen atoms in total. The molecule has 2 aromatic heterocycles. The number of carbonyl (C=O) groups is 1. The van der Waals surface area contributed by atoms with E-state index in [1.165, 1.54) is 0 Å². The molecule has 23 heavy (non-hydrogen) atoms. The molecule has 3 N–H and O–H groups in total. The van der Waals surface area contributed by atoms with Gasteiger partial charge in [0.15, 0.2) is 5.69 Å². The van der Waals surface area contributed by atoms with Crippen molar-refractivity contribution in [1.29, 1.82) is 0 Å². The molecule has 0 bridgehead atoms. The molecule has 2 aromatic rings. The lowest BCUT2D eigenvalue weighted by atomic mass is 10.1. The third kappa shape index (κ3) is 4.11. The smallest absolute Gasteiger partial charge is 0.278 e. The Bertz CT molecular complexity index is 644. The summed E-state index contributed by atoms with van der Waals surface area (Å²) in [7, 11) is 0. The molecule has 0 aromatic carbocycles. The van der Waals surface area contributed by atoms with Crippen LogP contribution in [0, 0.1) is 5.92 Å². The number of hydrogen-bond acceptors (Lipinski definition) is 4. The number of halogens is 1. The maximum atomic E-state index is 12.3. The van der Waals surface area contributed by atoms with Gasteiger partial charge in [-0.25, -0.2) is 4.98 Å². The monoisotopic (exact) mass is 338 g/mol. The minimum Gasteiger partial charge on any atom is -0.317 e. The van der Waals surface area contributed by atoms with Gasteiger partial charge in [0.05, 0.1) is 0 Å². The molecule has 3 heterocycles. The van der Waals surface area contributed by atoms with Crippen LogP contribution < -0.4 is 10.6 Å². The highest BCUT2D eigenvalue weighted by molar-refractivity contribution is 6.01. The maximum Gasteiger partial charge on any atom is 0.278 e. The van der Waals surface area contributed by atoms with Crippen molar-refractivity contribution in [3.8, 4) is 0 Å². The standard InChI is InChI=1S/C15H22N6O.ClH/c1-10(2)9-21-6-5-17-15(21)18-14(22)13-7-12(19-20-13)11-3-4-16-8-11;/h5-7,10-11,16H,3-4,8-9H2,1-2H3,(H,19,20)(H,17,18,22);1H. The third-order valence-corrected chi connectivity index (χ3v) is 3.83. The van der Waals surface area contributed by atoms with E-state index in [0.717, 1.165) is 31.7 Å². The van der Waals surface area contributed by atoms with Crippen LogP contribution in [0.5, 0.6) is 0 Å². The Morgan fingerprint density at radius 1 is 1.52 bits per heavy atom. The average Bonchev–Trinajstić information content (AvgIpc) is 3.18. The van der Waals surface area contributed by atoms with Crippen molar-refractivity contribution in [2.45, 2.75) is 32.7 Å². The molecule has 0 saturated carbocycles. The van der Waals surface area contributed by atoms with Crippen molar-refractivity contribution >= 4 is 24.3 Å². The van der Waals surface area contributed by atoms with Crippen molar-refractivity contribution in [1.82, 2.24) is 25.1 Å². The lowest BCUT2D eigenvalue weighted by molar-refractivity contribution is 0.102. The van der Waals surface area contributed by atoms with E-state index in [4.69, 9.17) is 0 Å².